The van der Waals surface area contributed by atoms with Crippen LogP contribution in [0.2, 0.25) is 0 Å². The van der Waals surface area contributed by atoms with E-state index in [-0.39, 0.29) is 16.1 Å². The van der Waals surface area contributed by atoms with Crippen LogP contribution in [0.5, 0.6) is 0 Å². The highest BCUT2D eigenvalue weighted by molar-refractivity contribution is 14.1. The Morgan fingerprint density at radius 2 is 1.70 bits per heavy atom. The Hall–Kier alpha value is -1.60. The van der Waals surface area contributed by atoms with Crippen LogP contribution in [0.1, 0.15) is 18.4 Å². The lowest BCUT2D eigenvalue weighted by Crippen LogP contribution is -2.57. The highest BCUT2D eigenvalue weighted by atomic mass is 127. The summed E-state index contributed by atoms with van der Waals surface area (Å²) in [7, 11) is 0. The van der Waals surface area contributed by atoms with E-state index in [4.69, 9.17) is 4.74 Å². The minimum Gasteiger partial charge on any atom is -0.458 e. The number of fused-ring (bicyclic) bond motifs is 3. The van der Waals surface area contributed by atoms with Gasteiger partial charge in [0.25, 0.3) is 0 Å². The second-order valence-electron chi connectivity index (χ2n) is 7.40. The molecule has 3 aliphatic rings. The van der Waals surface area contributed by atoms with E-state index < -0.39 is 6.04 Å². The van der Waals surface area contributed by atoms with Gasteiger partial charge < -0.3 is 10.1 Å². The Balaban J connectivity index is 1.49. The van der Waals surface area contributed by atoms with E-state index in [2.05, 4.69) is 44.9 Å². The zero-order valence-corrected chi connectivity index (χ0v) is 17.4. The summed E-state index contributed by atoms with van der Waals surface area (Å²) in [4.78, 5) is 15.6. The second kappa shape index (κ2) is 8.61. The standard InChI is InChI=1S/C22H25IN2O2/c23-21-20(17-11-13-25(21)14-12-17)27-22(26)19(15-16-7-3-1-4-8-16)24-18-9-5-2-6-10-18/h1-10,17,19-21,24H,11-15H2. The largest absolute Gasteiger partial charge is 0.458 e. The predicted octanol–water partition coefficient (Wildman–Crippen LogP) is 4.11. The number of para-hydroxylation sites is 1. The van der Waals surface area contributed by atoms with Crippen molar-refractivity contribution in [2.24, 2.45) is 5.92 Å². The van der Waals surface area contributed by atoms with Crippen LogP contribution in [0.4, 0.5) is 5.69 Å². The van der Waals surface area contributed by atoms with Crippen LogP contribution in [-0.2, 0) is 16.0 Å². The molecular formula is C22H25IN2O2. The molecule has 0 amide bonds. The smallest absolute Gasteiger partial charge is 0.329 e. The fraction of sp³-hybridized carbons (Fsp3) is 0.409. The molecule has 3 aliphatic heterocycles. The highest BCUT2D eigenvalue weighted by Crippen LogP contribution is 2.37. The number of alkyl halides is 1. The van der Waals surface area contributed by atoms with Crippen LogP contribution < -0.4 is 5.32 Å². The molecule has 2 aromatic carbocycles. The lowest BCUT2D eigenvalue weighted by Gasteiger charge is -2.48. The molecule has 3 unspecified atom stereocenters. The van der Waals surface area contributed by atoms with Crippen molar-refractivity contribution in [2.75, 3.05) is 18.4 Å². The summed E-state index contributed by atoms with van der Waals surface area (Å²) in [6.45, 7) is 2.25. The number of rotatable bonds is 6. The first kappa shape index (κ1) is 18.7. The van der Waals surface area contributed by atoms with Crippen molar-refractivity contribution in [3.8, 4) is 0 Å². The van der Waals surface area contributed by atoms with Crippen molar-refractivity contribution in [1.82, 2.24) is 4.90 Å². The Labute approximate surface area is 174 Å². The van der Waals surface area contributed by atoms with E-state index >= 15 is 0 Å². The number of anilines is 1. The Kier molecular flexibility index (Phi) is 5.98. The molecule has 5 heteroatoms. The maximum absolute atomic E-state index is 13.1. The van der Waals surface area contributed by atoms with Crippen molar-refractivity contribution < 1.29 is 9.53 Å². The molecule has 27 heavy (non-hydrogen) atoms. The second-order valence-corrected chi connectivity index (χ2v) is 8.68. The molecule has 2 aromatic rings. The summed E-state index contributed by atoms with van der Waals surface area (Å²) >= 11 is 2.44. The number of ether oxygens (including phenoxy) is 1. The van der Waals surface area contributed by atoms with Gasteiger partial charge in [0.1, 0.15) is 12.1 Å². The predicted molar refractivity (Wildman–Crippen MR) is 116 cm³/mol. The van der Waals surface area contributed by atoms with Gasteiger partial charge in [0, 0.05) is 18.0 Å². The minimum absolute atomic E-state index is 0.00329. The summed E-state index contributed by atoms with van der Waals surface area (Å²) in [6.07, 6.45) is 2.87. The van der Waals surface area contributed by atoms with E-state index in [0.29, 0.717) is 12.3 Å². The third-order valence-corrected chi connectivity index (χ3v) is 7.09. The molecule has 4 nitrogen and oxygen atoms in total. The molecule has 0 aromatic heterocycles. The molecule has 3 saturated heterocycles. The molecule has 0 saturated carbocycles. The third-order valence-electron chi connectivity index (χ3n) is 5.59. The van der Waals surface area contributed by atoms with Crippen molar-refractivity contribution in [2.45, 2.75) is 35.5 Å². The van der Waals surface area contributed by atoms with Gasteiger partial charge in [-0.05, 0) is 43.6 Å². The number of halogens is 1. The Morgan fingerprint density at radius 3 is 2.33 bits per heavy atom. The Bertz CT molecular complexity index is 704. The number of esters is 1. The molecule has 0 aliphatic carbocycles. The van der Waals surface area contributed by atoms with Gasteiger partial charge in [0.2, 0.25) is 0 Å². The van der Waals surface area contributed by atoms with Gasteiger partial charge in [-0.1, -0.05) is 71.1 Å². The van der Waals surface area contributed by atoms with E-state index in [1.807, 2.05) is 48.5 Å². The van der Waals surface area contributed by atoms with Crippen molar-refractivity contribution in [3.05, 3.63) is 66.2 Å². The topological polar surface area (TPSA) is 41.6 Å². The van der Waals surface area contributed by atoms with Crippen LogP contribution in [0.3, 0.4) is 0 Å². The third kappa shape index (κ3) is 4.46. The van der Waals surface area contributed by atoms with Gasteiger partial charge in [-0.25, -0.2) is 4.79 Å². The molecule has 3 atom stereocenters. The van der Waals surface area contributed by atoms with Crippen LogP contribution in [-0.4, -0.2) is 40.2 Å². The number of hydrogen-bond acceptors (Lipinski definition) is 4. The van der Waals surface area contributed by atoms with Crippen molar-refractivity contribution in [1.29, 1.82) is 0 Å². The number of benzene rings is 2. The zero-order valence-electron chi connectivity index (χ0n) is 15.3. The molecule has 0 radical (unpaired) electrons. The average molecular weight is 476 g/mol. The van der Waals surface area contributed by atoms with Gasteiger partial charge in [-0.2, -0.15) is 0 Å². The monoisotopic (exact) mass is 476 g/mol. The van der Waals surface area contributed by atoms with E-state index in [1.165, 1.54) is 0 Å². The molecule has 1 N–H and O–H groups in total. The van der Waals surface area contributed by atoms with Gasteiger partial charge in [0.15, 0.2) is 0 Å². The van der Waals surface area contributed by atoms with E-state index in [9.17, 15) is 4.79 Å². The quantitative estimate of drug-likeness (QED) is 0.295. The number of nitrogens with zero attached hydrogens (tertiary/aromatic N) is 1. The summed E-state index contributed by atoms with van der Waals surface area (Å²) in [5.74, 6) is 0.345. The average Bonchev–Trinajstić information content (AvgIpc) is 2.72. The summed E-state index contributed by atoms with van der Waals surface area (Å²) in [6, 6.07) is 19.6. The molecule has 5 rings (SSSR count). The first-order valence-corrected chi connectivity index (χ1v) is 10.9. The number of carbonyl (C=O) groups is 1. The zero-order chi connectivity index (χ0) is 18.6. The first-order valence-electron chi connectivity index (χ1n) is 9.65. The molecular weight excluding hydrogens is 451 g/mol. The van der Waals surface area contributed by atoms with E-state index in [0.717, 1.165) is 37.2 Å². The minimum atomic E-state index is -0.395. The van der Waals surface area contributed by atoms with Gasteiger partial charge >= 0.3 is 5.97 Å². The number of hydrogen-bond donors (Lipinski definition) is 1. The van der Waals surface area contributed by atoms with Gasteiger partial charge in [0.05, 0.1) is 4.05 Å². The molecule has 3 heterocycles. The summed E-state index contributed by atoms with van der Waals surface area (Å²) in [5, 5.41) is 3.39. The van der Waals surface area contributed by atoms with Gasteiger partial charge in [-0.3, -0.25) is 4.90 Å². The SMILES string of the molecule is O=C(OC1C2CCN(CC2)C1I)C(Cc1ccccc1)Nc1ccccc1. The molecule has 3 fully saturated rings. The van der Waals surface area contributed by atoms with Crippen LogP contribution in [0.25, 0.3) is 0 Å². The van der Waals surface area contributed by atoms with Gasteiger partial charge in [-0.15, -0.1) is 0 Å². The number of carbonyl (C=O) groups excluding carboxylic acids is 1. The molecule has 0 spiro atoms. The van der Waals surface area contributed by atoms with Crippen LogP contribution in [0, 0.1) is 5.92 Å². The number of piperidine rings is 3. The van der Waals surface area contributed by atoms with Crippen molar-refractivity contribution in [3.63, 3.8) is 0 Å². The van der Waals surface area contributed by atoms with Crippen LogP contribution >= 0.6 is 22.6 Å². The maximum Gasteiger partial charge on any atom is 0.329 e. The fourth-order valence-corrected chi connectivity index (χ4v) is 5.37. The summed E-state index contributed by atoms with van der Waals surface area (Å²) < 4.78 is 6.38. The normalized spacial score (nSPS) is 27.7. The first-order chi connectivity index (χ1) is 13.2. The Morgan fingerprint density at radius 1 is 1.07 bits per heavy atom. The number of nitrogens with one attached hydrogen (secondary N) is 1. The molecule has 142 valence electrons. The van der Waals surface area contributed by atoms with Crippen molar-refractivity contribution >= 4 is 34.2 Å². The van der Waals surface area contributed by atoms with E-state index in [1.54, 1.807) is 0 Å². The lowest BCUT2D eigenvalue weighted by atomic mass is 9.86. The van der Waals surface area contributed by atoms with Crippen LogP contribution in [0.15, 0.2) is 60.7 Å². The lowest BCUT2D eigenvalue weighted by molar-refractivity contribution is -0.160. The molecule has 2 bridgehead atoms. The highest BCUT2D eigenvalue weighted by Gasteiger charge is 2.43. The fourth-order valence-electron chi connectivity index (χ4n) is 4.07. The maximum atomic E-state index is 13.1. The summed E-state index contributed by atoms with van der Waals surface area (Å²) in [5.41, 5.74) is 2.07.